The fourth-order valence-electron chi connectivity index (χ4n) is 2.93. The van der Waals surface area contributed by atoms with Crippen molar-refractivity contribution in [3.63, 3.8) is 0 Å². The van der Waals surface area contributed by atoms with Crippen LogP contribution in [0.25, 0.3) is 0 Å². The number of rotatable bonds is 2. The maximum Gasteiger partial charge on any atom is 0.269 e. The van der Waals surface area contributed by atoms with Crippen molar-refractivity contribution in [1.82, 2.24) is 0 Å². The van der Waals surface area contributed by atoms with E-state index in [1.165, 1.54) is 24.3 Å². The molecular formula is C17H14FNO3. The van der Waals surface area contributed by atoms with Gasteiger partial charge in [-0.25, -0.2) is 4.39 Å². The zero-order valence-corrected chi connectivity index (χ0v) is 11.8. The number of nitrogens with zero attached hydrogens (tertiary/aromatic N) is 1. The Morgan fingerprint density at radius 1 is 1.09 bits per heavy atom. The van der Waals surface area contributed by atoms with Crippen LogP contribution in [-0.2, 0) is 12.1 Å². The lowest BCUT2D eigenvalue weighted by atomic mass is 9.85. The summed E-state index contributed by atoms with van der Waals surface area (Å²) < 4.78 is 15.5. The quantitative estimate of drug-likeness (QED) is 0.479. The largest absolute Gasteiger partial charge is 0.290 e. The first kappa shape index (κ1) is 14.4. The van der Waals surface area contributed by atoms with Crippen molar-refractivity contribution in [2.75, 3.05) is 0 Å². The van der Waals surface area contributed by atoms with Crippen LogP contribution in [0, 0.1) is 10.1 Å². The molecule has 4 nitrogen and oxygen atoms in total. The molecule has 1 aliphatic rings. The number of hydrogen-bond donors (Lipinski definition) is 0. The van der Waals surface area contributed by atoms with Gasteiger partial charge in [0.25, 0.3) is 5.69 Å². The van der Waals surface area contributed by atoms with Gasteiger partial charge in [-0.05, 0) is 42.5 Å². The summed E-state index contributed by atoms with van der Waals surface area (Å²) in [6.07, 6.45) is 1.29. The Morgan fingerprint density at radius 3 is 2.45 bits per heavy atom. The van der Waals surface area contributed by atoms with Crippen molar-refractivity contribution in [1.29, 1.82) is 0 Å². The van der Waals surface area contributed by atoms with Crippen LogP contribution in [0.3, 0.4) is 0 Å². The summed E-state index contributed by atoms with van der Waals surface area (Å²) in [5, 5.41) is 10.7. The van der Waals surface area contributed by atoms with E-state index in [1.807, 2.05) is 12.1 Å². The molecule has 0 amide bonds. The van der Waals surface area contributed by atoms with Crippen LogP contribution in [0.2, 0.25) is 0 Å². The third-order valence-corrected chi connectivity index (χ3v) is 4.12. The smallest absolute Gasteiger partial charge is 0.269 e. The Labute approximate surface area is 126 Å². The fraction of sp³-hybridized carbons (Fsp3) is 0.235. The third kappa shape index (κ3) is 2.28. The number of Topliss-reactive ketones (excluding diaryl/α,β-unsaturated/α-hetero) is 1. The molecule has 0 spiro atoms. The van der Waals surface area contributed by atoms with Crippen molar-refractivity contribution in [2.24, 2.45) is 0 Å². The molecule has 0 saturated carbocycles. The lowest BCUT2D eigenvalue weighted by Gasteiger charge is -2.22. The monoisotopic (exact) mass is 299 g/mol. The average Bonchev–Trinajstić information content (AvgIpc) is 2.66. The van der Waals surface area contributed by atoms with Crippen LogP contribution >= 0.6 is 0 Å². The Bertz CT molecular complexity index is 742. The predicted molar refractivity (Wildman–Crippen MR) is 79.6 cm³/mol. The fourth-order valence-corrected chi connectivity index (χ4v) is 2.93. The number of carbonyl (C=O) groups is 1. The van der Waals surface area contributed by atoms with Crippen molar-refractivity contribution < 1.29 is 14.1 Å². The molecule has 0 radical (unpaired) electrons. The summed E-state index contributed by atoms with van der Waals surface area (Å²) in [6.45, 7) is 0. The summed E-state index contributed by atoms with van der Waals surface area (Å²) in [4.78, 5) is 22.8. The average molecular weight is 299 g/mol. The first-order chi connectivity index (χ1) is 10.5. The van der Waals surface area contributed by atoms with Gasteiger partial charge in [-0.15, -0.1) is 0 Å². The van der Waals surface area contributed by atoms with Gasteiger partial charge < -0.3 is 0 Å². The lowest BCUT2D eigenvalue weighted by molar-refractivity contribution is -0.384. The van der Waals surface area contributed by atoms with E-state index in [9.17, 15) is 14.9 Å². The Morgan fingerprint density at radius 2 is 1.77 bits per heavy atom. The molecular weight excluding hydrogens is 285 g/mol. The number of carbonyl (C=O) groups excluding carboxylic acids is 1. The van der Waals surface area contributed by atoms with E-state index in [2.05, 4.69) is 0 Å². The molecule has 0 fully saturated rings. The van der Waals surface area contributed by atoms with Crippen molar-refractivity contribution in [3.8, 4) is 0 Å². The molecule has 3 rings (SSSR count). The second-order valence-corrected chi connectivity index (χ2v) is 5.44. The van der Waals surface area contributed by atoms with Crippen LogP contribution in [0.15, 0.2) is 48.5 Å². The minimum atomic E-state index is -2.12. The van der Waals surface area contributed by atoms with Crippen molar-refractivity contribution >= 4 is 11.5 Å². The normalized spacial score (nSPS) is 21.0. The SMILES string of the molecule is O=C1c2ccccc2CCCC1(F)c1ccc([N+](=O)[O-])cc1. The molecule has 0 aromatic heterocycles. The number of ketones is 1. The van der Waals surface area contributed by atoms with Crippen molar-refractivity contribution in [3.05, 3.63) is 75.3 Å². The molecule has 2 aromatic carbocycles. The summed E-state index contributed by atoms with van der Waals surface area (Å²) in [5.74, 6) is -0.561. The van der Waals surface area contributed by atoms with Crippen LogP contribution < -0.4 is 0 Å². The molecule has 0 aliphatic heterocycles. The molecule has 22 heavy (non-hydrogen) atoms. The van der Waals surface area contributed by atoms with Gasteiger partial charge >= 0.3 is 0 Å². The number of hydrogen-bond acceptors (Lipinski definition) is 3. The predicted octanol–water partition coefficient (Wildman–Crippen LogP) is 3.98. The van der Waals surface area contributed by atoms with Crippen LogP contribution in [0.4, 0.5) is 10.1 Å². The molecule has 1 unspecified atom stereocenters. The van der Waals surface area contributed by atoms with E-state index in [0.717, 1.165) is 5.56 Å². The van der Waals surface area contributed by atoms with E-state index in [0.29, 0.717) is 18.4 Å². The number of nitro benzene ring substituents is 1. The molecule has 0 heterocycles. The molecule has 0 N–H and O–H groups in total. The lowest BCUT2D eigenvalue weighted by Crippen LogP contribution is -2.30. The van der Waals surface area contributed by atoms with Crippen LogP contribution in [0.5, 0.6) is 0 Å². The highest BCUT2D eigenvalue weighted by Crippen LogP contribution is 2.39. The topological polar surface area (TPSA) is 60.2 Å². The summed E-state index contributed by atoms with van der Waals surface area (Å²) in [6, 6.07) is 12.2. The summed E-state index contributed by atoms with van der Waals surface area (Å²) >= 11 is 0. The molecule has 2 aromatic rings. The summed E-state index contributed by atoms with van der Waals surface area (Å²) in [5.41, 5.74) is -0.801. The number of aryl methyl sites for hydroxylation is 1. The molecule has 0 saturated heterocycles. The highest BCUT2D eigenvalue weighted by atomic mass is 19.1. The zero-order valence-electron chi connectivity index (χ0n) is 11.8. The second-order valence-electron chi connectivity index (χ2n) is 5.44. The molecule has 0 bridgehead atoms. The van der Waals surface area contributed by atoms with Crippen LogP contribution in [0.1, 0.15) is 34.3 Å². The third-order valence-electron chi connectivity index (χ3n) is 4.12. The Hall–Kier alpha value is -2.56. The molecule has 1 atom stereocenters. The maximum atomic E-state index is 15.5. The van der Waals surface area contributed by atoms with Gasteiger partial charge in [0.1, 0.15) is 0 Å². The van der Waals surface area contributed by atoms with E-state index in [1.54, 1.807) is 12.1 Å². The minimum absolute atomic E-state index is 0.0817. The zero-order chi connectivity index (χ0) is 15.7. The highest BCUT2D eigenvalue weighted by molar-refractivity contribution is 6.04. The van der Waals surface area contributed by atoms with Gasteiger partial charge in [0.2, 0.25) is 5.78 Å². The van der Waals surface area contributed by atoms with Gasteiger partial charge in [-0.3, -0.25) is 14.9 Å². The highest BCUT2D eigenvalue weighted by Gasteiger charge is 2.42. The Kier molecular flexibility index (Phi) is 3.48. The van der Waals surface area contributed by atoms with E-state index < -0.39 is 16.4 Å². The van der Waals surface area contributed by atoms with E-state index in [4.69, 9.17) is 0 Å². The first-order valence-electron chi connectivity index (χ1n) is 7.09. The number of nitro groups is 1. The van der Waals surface area contributed by atoms with Gasteiger partial charge in [0, 0.05) is 17.7 Å². The minimum Gasteiger partial charge on any atom is -0.290 e. The molecule has 1 aliphatic carbocycles. The number of alkyl halides is 1. The summed E-state index contributed by atoms with van der Waals surface area (Å²) in [7, 11) is 0. The van der Waals surface area contributed by atoms with Gasteiger partial charge in [0.05, 0.1) is 4.92 Å². The molecule has 112 valence electrons. The van der Waals surface area contributed by atoms with Gasteiger partial charge in [-0.1, -0.05) is 24.3 Å². The van der Waals surface area contributed by atoms with E-state index >= 15 is 4.39 Å². The standard InChI is InChI=1S/C17H14FNO3/c18-17(13-7-9-14(10-8-13)19(21)22)11-3-5-12-4-1-2-6-15(12)16(17)20/h1-2,4,6-10H,3,5,11H2. The number of fused-ring (bicyclic) bond motifs is 1. The first-order valence-corrected chi connectivity index (χ1v) is 7.09. The number of non-ortho nitro benzene ring substituents is 1. The second kappa shape index (κ2) is 5.33. The van der Waals surface area contributed by atoms with Crippen LogP contribution in [-0.4, -0.2) is 10.7 Å². The number of benzene rings is 2. The molecule has 5 heteroatoms. The number of halogens is 1. The maximum absolute atomic E-state index is 15.5. The van der Waals surface area contributed by atoms with Gasteiger partial charge in [-0.2, -0.15) is 0 Å². The van der Waals surface area contributed by atoms with E-state index in [-0.39, 0.29) is 17.7 Å². The van der Waals surface area contributed by atoms with Crippen molar-refractivity contribution in [2.45, 2.75) is 24.9 Å². The van der Waals surface area contributed by atoms with Gasteiger partial charge in [0.15, 0.2) is 5.67 Å². The Balaban J connectivity index is 2.05.